The summed E-state index contributed by atoms with van der Waals surface area (Å²) in [5.41, 5.74) is 5.64. The first-order valence-corrected chi connectivity index (χ1v) is 6.33. The van der Waals surface area contributed by atoms with Gasteiger partial charge in [0.15, 0.2) is 0 Å². The predicted molar refractivity (Wildman–Crippen MR) is 66.1 cm³/mol. The Balaban J connectivity index is 2.12. The molecule has 0 spiro atoms. The fourth-order valence-corrected chi connectivity index (χ4v) is 2.10. The number of carbonyl (C=O) groups excluding carboxylic acids is 1. The Hall–Kier alpha value is -0.610. The molecule has 0 atom stereocenters. The molecule has 0 bridgehead atoms. The lowest BCUT2D eigenvalue weighted by atomic mass is 9.97. The number of likely N-dealkylation sites (tertiary alicyclic amines) is 1. The van der Waals surface area contributed by atoms with Gasteiger partial charge in [-0.25, -0.2) is 0 Å². The zero-order valence-electron chi connectivity index (χ0n) is 10.5. The van der Waals surface area contributed by atoms with Crippen molar-refractivity contribution >= 4 is 5.91 Å². The van der Waals surface area contributed by atoms with Gasteiger partial charge in [-0.2, -0.15) is 0 Å². The minimum atomic E-state index is 0.163. The number of nitrogens with zero attached hydrogens (tertiary/aromatic N) is 1. The molecule has 1 rings (SSSR count). The summed E-state index contributed by atoms with van der Waals surface area (Å²) in [6, 6.07) is 0.246. The number of rotatable bonds is 5. The van der Waals surface area contributed by atoms with Crippen LogP contribution >= 0.6 is 0 Å². The van der Waals surface area contributed by atoms with Gasteiger partial charge >= 0.3 is 0 Å². The lowest BCUT2D eigenvalue weighted by Crippen LogP contribution is -2.39. The second-order valence-electron chi connectivity index (χ2n) is 4.99. The van der Waals surface area contributed by atoms with Crippen LogP contribution in [-0.4, -0.2) is 43.0 Å². The second-order valence-corrected chi connectivity index (χ2v) is 4.99. The summed E-state index contributed by atoms with van der Waals surface area (Å²) in [7, 11) is 0. The van der Waals surface area contributed by atoms with E-state index < -0.39 is 0 Å². The van der Waals surface area contributed by atoms with E-state index in [-0.39, 0.29) is 11.9 Å². The van der Waals surface area contributed by atoms with E-state index in [1.165, 1.54) is 12.8 Å². The third kappa shape index (κ3) is 4.94. The Morgan fingerprint density at radius 1 is 1.44 bits per heavy atom. The van der Waals surface area contributed by atoms with E-state index in [2.05, 4.69) is 10.2 Å². The molecule has 0 saturated carbocycles. The molecule has 0 unspecified atom stereocenters. The lowest BCUT2D eigenvalue weighted by Gasteiger charge is -2.31. The maximum absolute atomic E-state index is 11.5. The summed E-state index contributed by atoms with van der Waals surface area (Å²) in [6.45, 7) is 7.86. The number of carbonyl (C=O) groups is 1. The van der Waals surface area contributed by atoms with Crippen molar-refractivity contribution in [3.63, 3.8) is 0 Å². The summed E-state index contributed by atoms with van der Waals surface area (Å²) >= 11 is 0. The topological polar surface area (TPSA) is 58.4 Å². The minimum absolute atomic E-state index is 0.163. The van der Waals surface area contributed by atoms with Crippen LogP contribution in [0.15, 0.2) is 0 Å². The quantitative estimate of drug-likeness (QED) is 0.722. The van der Waals surface area contributed by atoms with Crippen LogP contribution < -0.4 is 11.1 Å². The van der Waals surface area contributed by atoms with Gasteiger partial charge in [-0.15, -0.1) is 0 Å². The van der Waals surface area contributed by atoms with Gasteiger partial charge in [0.1, 0.15) is 0 Å². The van der Waals surface area contributed by atoms with E-state index in [4.69, 9.17) is 5.73 Å². The Bertz CT molecular complexity index is 210. The van der Waals surface area contributed by atoms with Gasteiger partial charge in [0.25, 0.3) is 0 Å². The fourth-order valence-electron chi connectivity index (χ4n) is 2.10. The SMILES string of the molecule is CC(C)NC(=O)CCN1CCC(CN)CC1. The zero-order chi connectivity index (χ0) is 12.0. The standard InChI is InChI=1S/C12H25N3O/c1-10(2)14-12(16)5-8-15-6-3-11(9-13)4-7-15/h10-11H,3-9,13H2,1-2H3,(H,14,16). The average molecular weight is 227 g/mol. The number of hydrogen-bond acceptors (Lipinski definition) is 3. The molecular weight excluding hydrogens is 202 g/mol. The molecule has 0 aliphatic carbocycles. The first kappa shape index (κ1) is 13.5. The molecule has 0 aromatic carbocycles. The number of piperidine rings is 1. The molecule has 3 N–H and O–H groups in total. The molecule has 1 fully saturated rings. The highest BCUT2D eigenvalue weighted by molar-refractivity contribution is 5.76. The van der Waals surface area contributed by atoms with E-state index in [0.29, 0.717) is 12.3 Å². The summed E-state index contributed by atoms with van der Waals surface area (Å²) in [6.07, 6.45) is 2.98. The van der Waals surface area contributed by atoms with Gasteiger partial charge in [-0.3, -0.25) is 4.79 Å². The van der Waals surface area contributed by atoms with Gasteiger partial charge in [0.05, 0.1) is 0 Å². The monoisotopic (exact) mass is 227 g/mol. The van der Waals surface area contributed by atoms with Crippen LogP contribution in [0.1, 0.15) is 33.1 Å². The summed E-state index contributed by atoms with van der Waals surface area (Å²) in [5.74, 6) is 0.858. The molecule has 0 aromatic rings. The van der Waals surface area contributed by atoms with Crippen LogP contribution in [0.4, 0.5) is 0 Å². The third-order valence-corrected chi connectivity index (χ3v) is 3.15. The van der Waals surface area contributed by atoms with Crippen LogP contribution in [0, 0.1) is 5.92 Å². The number of nitrogens with two attached hydrogens (primary N) is 1. The van der Waals surface area contributed by atoms with Crippen molar-refractivity contribution in [1.82, 2.24) is 10.2 Å². The highest BCUT2D eigenvalue weighted by atomic mass is 16.1. The van der Waals surface area contributed by atoms with E-state index in [9.17, 15) is 4.79 Å². The molecule has 1 saturated heterocycles. The molecule has 1 aliphatic rings. The van der Waals surface area contributed by atoms with Crippen molar-refractivity contribution < 1.29 is 4.79 Å². The van der Waals surface area contributed by atoms with Crippen molar-refractivity contribution in [3.05, 3.63) is 0 Å². The molecule has 1 amide bonds. The maximum atomic E-state index is 11.5. The lowest BCUT2D eigenvalue weighted by molar-refractivity contribution is -0.122. The van der Waals surface area contributed by atoms with Crippen LogP contribution in [0.3, 0.4) is 0 Å². The largest absolute Gasteiger partial charge is 0.354 e. The Kier molecular flexibility index (Phi) is 5.77. The number of amides is 1. The molecule has 16 heavy (non-hydrogen) atoms. The smallest absolute Gasteiger partial charge is 0.221 e. The van der Waals surface area contributed by atoms with E-state index in [1.807, 2.05) is 13.8 Å². The minimum Gasteiger partial charge on any atom is -0.354 e. The number of nitrogens with one attached hydrogen (secondary N) is 1. The zero-order valence-corrected chi connectivity index (χ0v) is 10.5. The fraction of sp³-hybridized carbons (Fsp3) is 0.917. The Morgan fingerprint density at radius 3 is 2.56 bits per heavy atom. The van der Waals surface area contributed by atoms with Gasteiger partial charge in [0, 0.05) is 19.0 Å². The van der Waals surface area contributed by atoms with Crippen LogP contribution in [0.5, 0.6) is 0 Å². The molecule has 1 aliphatic heterocycles. The summed E-state index contributed by atoms with van der Waals surface area (Å²) in [5, 5.41) is 2.92. The van der Waals surface area contributed by atoms with Crippen molar-refractivity contribution in [2.24, 2.45) is 11.7 Å². The first-order valence-electron chi connectivity index (χ1n) is 6.33. The molecular formula is C12H25N3O. The van der Waals surface area contributed by atoms with Gasteiger partial charge in [-0.1, -0.05) is 0 Å². The summed E-state index contributed by atoms with van der Waals surface area (Å²) < 4.78 is 0. The van der Waals surface area contributed by atoms with Crippen LogP contribution in [-0.2, 0) is 4.79 Å². The van der Waals surface area contributed by atoms with Crippen LogP contribution in [0.25, 0.3) is 0 Å². The highest BCUT2D eigenvalue weighted by Gasteiger charge is 2.18. The molecule has 94 valence electrons. The van der Waals surface area contributed by atoms with Gasteiger partial charge in [0.2, 0.25) is 5.91 Å². The molecule has 4 heteroatoms. The second kappa shape index (κ2) is 6.86. The van der Waals surface area contributed by atoms with Crippen molar-refractivity contribution in [2.45, 2.75) is 39.2 Å². The molecule has 0 radical (unpaired) electrons. The van der Waals surface area contributed by atoms with Crippen molar-refractivity contribution in [1.29, 1.82) is 0 Å². The summed E-state index contributed by atoms with van der Waals surface area (Å²) in [4.78, 5) is 13.8. The third-order valence-electron chi connectivity index (χ3n) is 3.15. The first-order chi connectivity index (χ1) is 7.61. The van der Waals surface area contributed by atoms with E-state index in [1.54, 1.807) is 0 Å². The normalized spacial score (nSPS) is 19.0. The molecule has 1 heterocycles. The molecule has 0 aromatic heterocycles. The highest BCUT2D eigenvalue weighted by Crippen LogP contribution is 2.15. The Labute approximate surface area is 98.6 Å². The Morgan fingerprint density at radius 2 is 2.06 bits per heavy atom. The van der Waals surface area contributed by atoms with E-state index >= 15 is 0 Å². The van der Waals surface area contributed by atoms with Gasteiger partial charge < -0.3 is 16.0 Å². The van der Waals surface area contributed by atoms with Gasteiger partial charge in [-0.05, 0) is 52.2 Å². The van der Waals surface area contributed by atoms with Crippen molar-refractivity contribution in [2.75, 3.05) is 26.2 Å². The van der Waals surface area contributed by atoms with E-state index in [0.717, 1.165) is 26.2 Å². The molecule has 4 nitrogen and oxygen atoms in total. The average Bonchev–Trinajstić information content (AvgIpc) is 2.26. The maximum Gasteiger partial charge on any atom is 0.221 e. The number of hydrogen-bond donors (Lipinski definition) is 2. The predicted octanol–water partition coefficient (Wildman–Crippen LogP) is 0.572. The van der Waals surface area contributed by atoms with Crippen molar-refractivity contribution in [3.8, 4) is 0 Å². The van der Waals surface area contributed by atoms with Crippen LogP contribution in [0.2, 0.25) is 0 Å².